The first kappa shape index (κ1) is 9.93. The number of benzene rings is 1. The summed E-state index contributed by atoms with van der Waals surface area (Å²) >= 11 is 0. The highest BCUT2D eigenvalue weighted by Gasteiger charge is 1.95. The molecular formula is C11H12OS. The minimum absolute atomic E-state index is 0.819. The largest absolute Gasteiger partial charge is 0.250 e. The fourth-order valence-corrected chi connectivity index (χ4v) is 1.75. The second-order valence-corrected chi connectivity index (χ2v) is 4.10. The lowest BCUT2D eigenvalue weighted by molar-refractivity contribution is 0.688. The van der Waals surface area contributed by atoms with Gasteiger partial charge in [-0.15, -0.1) is 0 Å². The van der Waals surface area contributed by atoms with E-state index >= 15 is 0 Å². The third-order valence-electron chi connectivity index (χ3n) is 1.45. The van der Waals surface area contributed by atoms with Crippen LogP contribution in [-0.4, -0.2) is 4.21 Å². The number of allylic oxidation sites excluding steroid dienone is 2. The molecule has 1 unspecified atom stereocenters. The molecule has 1 atom stereocenters. The van der Waals surface area contributed by atoms with E-state index in [9.17, 15) is 4.21 Å². The third-order valence-corrected chi connectivity index (χ3v) is 2.57. The molecule has 1 aromatic rings. The van der Waals surface area contributed by atoms with Crippen LogP contribution in [0.1, 0.15) is 6.92 Å². The molecule has 0 bridgehead atoms. The summed E-state index contributed by atoms with van der Waals surface area (Å²) in [6.45, 7) is 5.57. The fourth-order valence-electron chi connectivity index (χ4n) is 0.811. The number of hydrogen-bond donors (Lipinski definition) is 0. The summed E-state index contributed by atoms with van der Waals surface area (Å²) in [7, 11) is -1.05. The SMILES string of the molecule is C=C(C)C=CS(=O)c1ccccc1. The van der Waals surface area contributed by atoms with Crippen molar-refractivity contribution >= 4 is 10.8 Å². The van der Waals surface area contributed by atoms with Crippen molar-refractivity contribution in [1.29, 1.82) is 0 Å². The van der Waals surface area contributed by atoms with Crippen molar-refractivity contribution in [3.05, 3.63) is 54.0 Å². The summed E-state index contributed by atoms with van der Waals surface area (Å²) in [5, 5.41) is 1.65. The zero-order valence-corrected chi connectivity index (χ0v) is 8.38. The summed E-state index contributed by atoms with van der Waals surface area (Å²) in [4.78, 5) is 0.819. The average Bonchev–Trinajstić information content (AvgIpc) is 2.15. The number of hydrogen-bond acceptors (Lipinski definition) is 1. The molecule has 0 saturated heterocycles. The molecule has 0 fully saturated rings. The van der Waals surface area contributed by atoms with Gasteiger partial charge in [0.2, 0.25) is 0 Å². The lowest BCUT2D eigenvalue weighted by Crippen LogP contribution is -1.84. The molecule has 0 heterocycles. The van der Waals surface area contributed by atoms with Crippen molar-refractivity contribution in [2.45, 2.75) is 11.8 Å². The van der Waals surface area contributed by atoms with Crippen LogP contribution in [0, 0.1) is 0 Å². The van der Waals surface area contributed by atoms with E-state index < -0.39 is 10.8 Å². The van der Waals surface area contributed by atoms with Gasteiger partial charge in [-0.1, -0.05) is 36.4 Å². The van der Waals surface area contributed by atoms with Crippen molar-refractivity contribution < 1.29 is 4.21 Å². The Balaban J connectivity index is 2.76. The van der Waals surface area contributed by atoms with Crippen LogP contribution in [0.3, 0.4) is 0 Å². The molecule has 0 spiro atoms. The summed E-state index contributed by atoms with van der Waals surface area (Å²) in [5.41, 5.74) is 0.907. The molecule has 1 nitrogen and oxygen atoms in total. The minimum atomic E-state index is -1.05. The van der Waals surface area contributed by atoms with E-state index in [0.717, 1.165) is 10.5 Å². The molecule has 13 heavy (non-hydrogen) atoms. The van der Waals surface area contributed by atoms with E-state index in [1.165, 1.54) is 0 Å². The van der Waals surface area contributed by atoms with E-state index in [4.69, 9.17) is 0 Å². The maximum Gasteiger partial charge on any atom is 0.0776 e. The van der Waals surface area contributed by atoms with Crippen LogP contribution in [0.5, 0.6) is 0 Å². The molecule has 0 N–H and O–H groups in total. The molecule has 68 valence electrons. The molecule has 0 aliphatic heterocycles. The molecule has 1 rings (SSSR count). The molecule has 0 aromatic heterocycles. The van der Waals surface area contributed by atoms with Crippen LogP contribution in [0.25, 0.3) is 0 Å². The Bertz CT molecular complexity index is 338. The molecule has 1 aromatic carbocycles. The second-order valence-electron chi connectivity index (χ2n) is 2.76. The van der Waals surface area contributed by atoms with Crippen molar-refractivity contribution in [3.8, 4) is 0 Å². The quantitative estimate of drug-likeness (QED) is 0.673. The monoisotopic (exact) mass is 192 g/mol. The Labute approximate surface area is 81.3 Å². The zero-order chi connectivity index (χ0) is 9.68. The first-order chi connectivity index (χ1) is 6.20. The summed E-state index contributed by atoms with van der Waals surface area (Å²) in [5.74, 6) is 0. The van der Waals surface area contributed by atoms with E-state index in [0.29, 0.717) is 0 Å². The normalized spacial score (nSPS) is 13.0. The van der Waals surface area contributed by atoms with Gasteiger partial charge < -0.3 is 0 Å². The van der Waals surface area contributed by atoms with Crippen molar-refractivity contribution in [2.75, 3.05) is 0 Å². The standard InChI is InChI=1S/C11H12OS/c1-10(2)8-9-13(12)11-6-4-3-5-7-11/h3-9H,1H2,2H3. The first-order valence-corrected chi connectivity index (χ1v) is 5.21. The topological polar surface area (TPSA) is 17.1 Å². The van der Waals surface area contributed by atoms with Crippen LogP contribution in [0.2, 0.25) is 0 Å². The van der Waals surface area contributed by atoms with Gasteiger partial charge in [0.1, 0.15) is 0 Å². The molecular weight excluding hydrogens is 180 g/mol. The van der Waals surface area contributed by atoms with Crippen LogP contribution >= 0.6 is 0 Å². The fraction of sp³-hybridized carbons (Fsp3) is 0.0909. The molecule has 0 radical (unpaired) electrons. The van der Waals surface area contributed by atoms with Gasteiger partial charge in [-0.2, -0.15) is 0 Å². The minimum Gasteiger partial charge on any atom is -0.250 e. The number of rotatable bonds is 3. The van der Waals surface area contributed by atoms with E-state index in [1.807, 2.05) is 37.3 Å². The third kappa shape index (κ3) is 3.38. The van der Waals surface area contributed by atoms with Crippen molar-refractivity contribution in [2.24, 2.45) is 0 Å². The van der Waals surface area contributed by atoms with E-state index in [1.54, 1.807) is 11.5 Å². The van der Waals surface area contributed by atoms with Gasteiger partial charge in [0.15, 0.2) is 0 Å². The Morgan fingerprint density at radius 3 is 2.54 bits per heavy atom. The predicted molar refractivity (Wildman–Crippen MR) is 56.8 cm³/mol. The molecule has 2 heteroatoms. The highest BCUT2D eigenvalue weighted by Crippen LogP contribution is 2.07. The zero-order valence-electron chi connectivity index (χ0n) is 7.57. The Kier molecular flexibility index (Phi) is 3.65. The highest BCUT2D eigenvalue weighted by atomic mass is 32.2. The van der Waals surface area contributed by atoms with Gasteiger partial charge in [-0.3, -0.25) is 0 Å². The van der Waals surface area contributed by atoms with Crippen molar-refractivity contribution in [1.82, 2.24) is 0 Å². The Morgan fingerprint density at radius 1 is 1.38 bits per heavy atom. The van der Waals surface area contributed by atoms with Crippen LogP contribution in [0.15, 0.2) is 58.9 Å². The molecule has 0 saturated carbocycles. The Morgan fingerprint density at radius 2 is 2.00 bits per heavy atom. The average molecular weight is 192 g/mol. The maximum absolute atomic E-state index is 11.5. The highest BCUT2D eigenvalue weighted by molar-refractivity contribution is 7.88. The van der Waals surface area contributed by atoms with Crippen LogP contribution in [0.4, 0.5) is 0 Å². The van der Waals surface area contributed by atoms with Gasteiger partial charge in [-0.25, -0.2) is 4.21 Å². The molecule has 0 aliphatic rings. The summed E-state index contributed by atoms with van der Waals surface area (Å²) in [6, 6.07) is 9.35. The van der Waals surface area contributed by atoms with Crippen LogP contribution < -0.4 is 0 Å². The second kappa shape index (κ2) is 4.77. The van der Waals surface area contributed by atoms with Gasteiger partial charge in [0, 0.05) is 10.3 Å². The maximum atomic E-state index is 11.5. The lowest BCUT2D eigenvalue weighted by Gasteiger charge is -1.94. The van der Waals surface area contributed by atoms with Crippen LogP contribution in [-0.2, 0) is 10.8 Å². The van der Waals surface area contributed by atoms with E-state index in [-0.39, 0.29) is 0 Å². The Hall–Kier alpha value is -1.15. The van der Waals surface area contributed by atoms with Gasteiger partial charge in [0.25, 0.3) is 0 Å². The van der Waals surface area contributed by atoms with Gasteiger partial charge >= 0.3 is 0 Å². The van der Waals surface area contributed by atoms with Gasteiger partial charge in [0.05, 0.1) is 10.8 Å². The van der Waals surface area contributed by atoms with Crippen molar-refractivity contribution in [3.63, 3.8) is 0 Å². The summed E-state index contributed by atoms with van der Waals surface area (Å²) < 4.78 is 11.5. The predicted octanol–water partition coefficient (Wildman–Crippen LogP) is 2.88. The van der Waals surface area contributed by atoms with Gasteiger partial charge in [-0.05, 0) is 19.1 Å². The summed E-state index contributed by atoms with van der Waals surface area (Å²) in [6.07, 6.45) is 1.77. The molecule has 0 amide bonds. The smallest absolute Gasteiger partial charge is 0.0776 e. The first-order valence-electron chi connectivity index (χ1n) is 3.99. The molecule has 0 aliphatic carbocycles. The lowest BCUT2D eigenvalue weighted by atomic mass is 10.4. The van der Waals surface area contributed by atoms with E-state index in [2.05, 4.69) is 6.58 Å².